The van der Waals surface area contributed by atoms with Crippen molar-refractivity contribution in [2.24, 2.45) is 5.16 Å². The molecule has 1 heterocycles. The van der Waals surface area contributed by atoms with Crippen molar-refractivity contribution >= 4 is 11.7 Å². The van der Waals surface area contributed by atoms with Crippen molar-refractivity contribution in [3.05, 3.63) is 29.8 Å². The van der Waals surface area contributed by atoms with Crippen LogP contribution in [0.1, 0.15) is 18.9 Å². The SMILES string of the molecule is COc1ccc(C2=NOC(C)(C(=O)O)C2)cc1. The molecule has 0 amide bonds. The molecule has 17 heavy (non-hydrogen) atoms. The van der Waals surface area contributed by atoms with E-state index in [1.807, 2.05) is 12.1 Å². The molecule has 1 aromatic rings. The van der Waals surface area contributed by atoms with E-state index in [0.29, 0.717) is 5.71 Å². The molecule has 1 aromatic carbocycles. The van der Waals surface area contributed by atoms with Gasteiger partial charge in [0, 0.05) is 6.42 Å². The van der Waals surface area contributed by atoms with Crippen LogP contribution in [0.3, 0.4) is 0 Å². The first-order valence-electron chi connectivity index (χ1n) is 5.18. The van der Waals surface area contributed by atoms with Crippen molar-refractivity contribution in [1.29, 1.82) is 0 Å². The second kappa shape index (κ2) is 4.08. The summed E-state index contributed by atoms with van der Waals surface area (Å²) in [5.41, 5.74) is 0.225. The highest BCUT2D eigenvalue weighted by molar-refractivity contribution is 6.04. The molecule has 0 fully saturated rings. The minimum atomic E-state index is -1.25. The summed E-state index contributed by atoms with van der Waals surface area (Å²) in [6.45, 7) is 1.51. The second-order valence-electron chi connectivity index (χ2n) is 4.07. The Bertz CT molecular complexity index is 466. The van der Waals surface area contributed by atoms with Crippen molar-refractivity contribution in [3.63, 3.8) is 0 Å². The zero-order valence-electron chi connectivity index (χ0n) is 9.64. The molecule has 2 rings (SSSR count). The van der Waals surface area contributed by atoms with Crippen LogP contribution in [0.25, 0.3) is 0 Å². The topological polar surface area (TPSA) is 68.1 Å². The van der Waals surface area contributed by atoms with Gasteiger partial charge in [-0.15, -0.1) is 0 Å². The number of carboxylic acid groups (broad SMARTS) is 1. The molecule has 0 spiro atoms. The van der Waals surface area contributed by atoms with Crippen LogP contribution >= 0.6 is 0 Å². The first-order chi connectivity index (χ1) is 8.05. The Labute approximate surface area is 98.6 Å². The minimum absolute atomic E-state index is 0.259. The van der Waals surface area contributed by atoms with Gasteiger partial charge in [0.25, 0.3) is 0 Å². The number of methoxy groups -OCH3 is 1. The first kappa shape index (κ1) is 11.4. The van der Waals surface area contributed by atoms with E-state index in [1.165, 1.54) is 6.92 Å². The molecular formula is C12H13NO4. The van der Waals surface area contributed by atoms with Gasteiger partial charge in [0.15, 0.2) is 0 Å². The maximum Gasteiger partial charge on any atom is 0.351 e. The van der Waals surface area contributed by atoms with E-state index in [4.69, 9.17) is 14.7 Å². The maximum atomic E-state index is 11.0. The van der Waals surface area contributed by atoms with E-state index in [-0.39, 0.29) is 6.42 Å². The molecule has 1 aliphatic heterocycles. The van der Waals surface area contributed by atoms with Gasteiger partial charge in [-0.05, 0) is 36.8 Å². The standard InChI is InChI=1S/C12H13NO4/c1-12(11(14)15)7-10(13-17-12)8-3-5-9(16-2)6-4-8/h3-6H,7H2,1-2H3,(H,14,15). The summed E-state index contributed by atoms with van der Waals surface area (Å²) in [5, 5.41) is 12.8. The number of oxime groups is 1. The molecule has 0 aliphatic carbocycles. The molecule has 0 radical (unpaired) electrons. The number of carboxylic acids is 1. The van der Waals surface area contributed by atoms with E-state index in [9.17, 15) is 4.79 Å². The highest BCUT2D eigenvalue weighted by Gasteiger charge is 2.42. The third-order valence-electron chi connectivity index (χ3n) is 2.74. The van der Waals surface area contributed by atoms with Gasteiger partial charge in [-0.3, -0.25) is 0 Å². The van der Waals surface area contributed by atoms with Crippen LogP contribution in [-0.4, -0.2) is 29.5 Å². The van der Waals surface area contributed by atoms with E-state index in [1.54, 1.807) is 19.2 Å². The summed E-state index contributed by atoms with van der Waals surface area (Å²) in [6.07, 6.45) is 0.259. The van der Waals surface area contributed by atoms with Crippen molar-refractivity contribution in [3.8, 4) is 5.75 Å². The largest absolute Gasteiger partial charge is 0.497 e. The molecule has 5 nitrogen and oxygen atoms in total. The molecule has 1 atom stereocenters. The lowest BCUT2D eigenvalue weighted by Crippen LogP contribution is -2.35. The zero-order chi connectivity index (χ0) is 12.5. The Kier molecular flexibility index (Phi) is 2.75. The Morgan fingerprint density at radius 1 is 1.47 bits per heavy atom. The number of carbonyl (C=O) groups is 1. The number of hydrogen-bond acceptors (Lipinski definition) is 4. The molecule has 0 bridgehead atoms. The van der Waals surface area contributed by atoms with Crippen LogP contribution < -0.4 is 4.74 Å². The second-order valence-corrected chi connectivity index (χ2v) is 4.07. The molecule has 90 valence electrons. The minimum Gasteiger partial charge on any atom is -0.497 e. The van der Waals surface area contributed by atoms with Gasteiger partial charge in [0.1, 0.15) is 5.75 Å². The zero-order valence-corrected chi connectivity index (χ0v) is 9.64. The highest BCUT2D eigenvalue weighted by Crippen LogP contribution is 2.27. The summed E-state index contributed by atoms with van der Waals surface area (Å²) in [5.74, 6) is -0.265. The fourth-order valence-corrected chi connectivity index (χ4v) is 1.59. The highest BCUT2D eigenvalue weighted by atomic mass is 16.7. The Morgan fingerprint density at radius 2 is 2.12 bits per heavy atom. The summed E-state index contributed by atoms with van der Waals surface area (Å²) < 4.78 is 5.05. The number of aliphatic carboxylic acids is 1. The van der Waals surface area contributed by atoms with Gasteiger partial charge in [-0.2, -0.15) is 0 Å². The summed E-state index contributed by atoms with van der Waals surface area (Å²) in [7, 11) is 1.59. The number of rotatable bonds is 3. The third kappa shape index (κ3) is 2.08. The van der Waals surface area contributed by atoms with Crippen LogP contribution in [0.5, 0.6) is 5.75 Å². The fourth-order valence-electron chi connectivity index (χ4n) is 1.59. The Hall–Kier alpha value is -2.04. The molecular weight excluding hydrogens is 222 g/mol. The van der Waals surface area contributed by atoms with Crippen molar-refractivity contribution in [2.45, 2.75) is 18.9 Å². The van der Waals surface area contributed by atoms with E-state index < -0.39 is 11.6 Å². The van der Waals surface area contributed by atoms with Crippen molar-refractivity contribution in [1.82, 2.24) is 0 Å². The molecule has 0 aromatic heterocycles. The van der Waals surface area contributed by atoms with Crippen LogP contribution in [-0.2, 0) is 9.63 Å². The number of benzene rings is 1. The van der Waals surface area contributed by atoms with Crippen molar-refractivity contribution < 1.29 is 19.5 Å². The molecule has 1 aliphatic rings. The number of nitrogens with zero attached hydrogens (tertiary/aromatic N) is 1. The van der Waals surface area contributed by atoms with Crippen LogP contribution in [0, 0.1) is 0 Å². The lowest BCUT2D eigenvalue weighted by Gasteiger charge is -2.14. The molecule has 0 saturated heterocycles. The Balaban J connectivity index is 2.17. The van der Waals surface area contributed by atoms with Crippen LogP contribution in [0.15, 0.2) is 29.4 Å². The smallest absolute Gasteiger partial charge is 0.351 e. The van der Waals surface area contributed by atoms with Crippen LogP contribution in [0.4, 0.5) is 0 Å². The fraction of sp³-hybridized carbons (Fsp3) is 0.333. The van der Waals surface area contributed by atoms with Gasteiger partial charge in [0.05, 0.1) is 12.8 Å². The van der Waals surface area contributed by atoms with E-state index >= 15 is 0 Å². The lowest BCUT2D eigenvalue weighted by atomic mass is 9.96. The van der Waals surface area contributed by atoms with Crippen LogP contribution in [0.2, 0.25) is 0 Å². The van der Waals surface area contributed by atoms with E-state index in [2.05, 4.69) is 5.16 Å². The quantitative estimate of drug-likeness (QED) is 0.865. The predicted octanol–water partition coefficient (Wildman–Crippen LogP) is 1.66. The maximum absolute atomic E-state index is 11.0. The summed E-state index contributed by atoms with van der Waals surface area (Å²) in [4.78, 5) is 16.0. The molecule has 0 saturated carbocycles. The van der Waals surface area contributed by atoms with Gasteiger partial charge in [0.2, 0.25) is 5.60 Å². The van der Waals surface area contributed by atoms with Gasteiger partial charge in [-0.1, -0.05) is 5.16 Å². The first-order valence-corrected chi connectivity index (χ1v) is 5.18. The third-order valence-corrected chi connectivity index (χ3v) is 2.74. The number of ether oxygens (including phenoxy) is 1. The Morgan fingerprint density at radius 3 is 2.59 bits per heavy atom. The summed E-state index contributed by atoms with van der Waals surface area (Å²) >= 11 is 0. The van der Waals surface area contributed by atoms with Gasteiger partial charge < -0.3 is 14.7 Å². The average molecular weight is 235 g/mol. The molecule has 5 heteroatoms. The van der Waals surface area contributed by atoms with Gasteiger partial charge >= 0.3 is 5.97 Å². The normalized spacial score (nSPS) is 22.8. The molecule has 1 unspecified atom stereocenters. The van der Waals surface area contributed by atoms with Gasteiger partial charge in [-0.25, -0.2) is 4.79 Å². The lowest BCUT2D eigenvalue weighted by molar-refractivity contribution is -0.160. The van der Waals surface area contributed by atoms with Crippen molar-refractivity contribution in [2.75, 3.05) is 7.11 Å². The predicted molar refractivity (Wildman–Crippen MR) is 61.3 cm³/mol. The molecule has 1 N–H and O–H groups in total. The van der Waals surface area contributed by atoms with E-state index in [0.717, 1.165) is 11.3 Å². The average Bonchev–Trinajstić information content (AvgIpc) is 2.74. The monoisotopic (exact) mass is 235 g/mol. The summed E-state index contributed by atoms with van der Waals surface area (Å²) in [6, 6.07) is 7.26. The number of hydrogen-bond donors (Lipinski definition) is 1.